The Labute approximate surface area is 153 Å². The summed E-state index contributed by atoms with van der Waals surface area (Å²) in [7, 11) is 0. The third-order valence-electron chi connectivity index (χ3n) is 4.24. The third kappa shape index (κ3) is 5.75. The number of benzene rings is 1. The number of hydrogen-bond acceptors (Lipinski definition) is 8. The van der Waals surface area contributed by atoms with Gasteiger partial charge >= 0.3 is 0 Å². The predicted molar refractivity (Wildman–Crippen MR) is 102 cm³/mol. The summed E-state index contributed by atoms with van der Waals surface area (Å²) >= 11 is 0. The van der Waals surface area contributed by atoms with E-state index in [0.29, 0.717) is 12.4 Å². The van der Waals surface area contributed by atoms with Gasteiger partial charge in [0.05, 0.1) is 13.2 Å². The Hall–Kier alpha value is -2.58. The Bertz CT molecular complexity index is 689. The Kier molecular flexibility index (Phi) is 6.45. The number of rotatable bonds is 8. The lowest BCUT2D eigenvalue weighted by Gasteiger charge is -2.26. The van der Waals surface area contributed by atoms with E-state index in [-0.39, 0.29) is 11.7 Å². The summed E-state index contributed by atoms with van der Waals surface area (Å²) in [5, 5.41) is 15.9. The lowest BCUT2D eigenvalue weighted by atomic mass is 10.1. The SMILES string of the molecule is Nc1nc(NCCc2ccc(O)cc2)cc(NCCN2CCOCC2)n1. The van der Waals surface area contributed by atoms with Crippen molar-refractivity contribution in [3.05, 3.63) is 35.9 Å². The minimum absolute atomic E-state index is 0.244. The molecule has 2 aromatic rings. The monoisotopic (exact) mass is 358 g/mol. The molecular formula is C18H26N6O2. The molecule has 1 aromatic heterocycles. The number of phenols is 1. The molecule has 2 heterocycles. The van der Waals surface area contributed by atoms with Crippen LogP contribution in [0, 0.1) is 0 Å². The van der Waals surface area contributed by atoms with Crippen LogP contribution >= 0.6 is 0 Å². The highest BCUT2D eigenvalue weighted by atomic mass is 16.5. The van der Waals surface area contributed by atoms with Crippen LogP contribution in [0.4, 0.5) is 17.6 Å². The first kappa shape index (κ1) is 18.2. The summed E-state index contributed by atoms with van der Waals surface area (Å²) < 4.78 is 5.35. The van der Waals surface area contributed by atoms with Gasteiger partial charge in [0.25, 0.3) is 0 Å². The van der Waals surface area contributed by atoms with Crippen LogP contribution in [-0.4, -0.2) is 65.9 Å². The van der Waals surface area contributed by atoms with E-state index < -0.39 is 0 Å². The molecule has 0 radical (unpaired) electrons. The molecule has 5 N–H and O–H groups in total. The Balaban J connectivity index is 1.46. The minimum atomic E-state index is 0.244. The van der Waals surface area contributed by atoms with E-state index in [2.05, 4.69) is 25.5 Å². The van der Waals surface area contributed by atoms with Crippen LogP contribution < -0.4 is 16.4 Å². The minimum Gasteiger partial charge on any atom is -0.508 e. The molecule has 0 atom stereocenters. The zero-order valence-corrected chi connectivity index (χ0v) is 14.8. The third-order valence-corrected chi connectivity index (χ3v) is 4.24. The van der Waals surface area contributed by atoms with Gasteiger partial charge in [0.1, 0.15) is 17.4 Å². The van der Waals surface area contributed by atoms with Gasteiger partial charge in [-0.05, 0) is 24.1 Å². The first-order chi connectivity index (χ1) is 12.7. The lowest BCUT2D eigenvalue weighted by molar-refractivity contribution is 0.0398. The van der Waals surface area contributed by atoms with E-state index in [1.807, 2.05) is 18.2 Å². The second kappa shape index (κ2) is 9.21. The van der Waals surface area contributed by atoms with Gasteiger partial charge in [-0.3, -0.25) is 4.90 Å². The average Bonchev–Trinajstić information content (AvgIpc) is 2.64. The molecule has 1 fully saturated rings. The number of morpholine rings is 1. The van der Waals surface area contributed by atoms with Crippen LogP contribution in [-0.2, 0) is 11.2 Å². The van der Waals surface area contributed by atoms with E-state index in [9.17, 15) is 5.11 Å². The van der Waals surface area contributed by atoms with E-state index >= 15 is 0 Å². The van der Waals surface area contributed by atoms with Crippen molar-refractivity contribution in [1.82, 2.24) is 14.9 Å². The topological polar surface area (TPSA) is 109 Å². The number of nitrogens with two attached hydrogens (primary N) is 1. The maximum Gasteiger partial charge on any atom is 0.223 e. The van der Waals surface area contributed by atoms with Crippen LogP contribution in [0.25, 0.3) is 0 Å². The fourth-order valence-electron chi connectivity index (χ4n) is 2.81. The summed E-state index contributed by atoms with van der Waals surface area (Å²) in [5.74, 6) is 1.94. The second-order valence-corrected chi connectivity index (χ2v) is 6.22. The molecule has 1 saturated heterocycles. The zero-order chi connectivity index (χ0) is 18.2. The quantitative estimate of drug-likeness (QED) is 0.557. The van der Waals surface area contributed by atoms with Gasteiger partial charge in [0.2, 0.25) is 5.95 Å². The number of nitrogens with zero attached hydrogens (tertiary/aromatic N) is 3. The van der Waals surface area contributed by atoms with Gasteiger partial charge in [-0.25, -0.2) is 0 Å². The van der Waals surface area contributed by atoms with Gasteiger partial charge in [-0.15, -0.1) is 0 Å². The molecule has 0 aliphatic carbocycles. The molecule has 1 aliphatic heterocycles. The van der Waals surface area contributed by atoms with Crippen molar-refractivity contribution in [3.63, 3.8) is 0 Å². The molecule has 0 bridgehead atoms. The Morgan fingerprint density at radius 2 is 1.69 bits per heavy atom. The van der Waals surface area contributed by atoms with Crippen molar-refractivity contribution >= 4 is 17.6 Å². The first-order valence-corrected chi connectivity index (χ1v) is 8.89. The molecule has 0 saturated carbocycles. The van der Waals surface area contributed by atoms with Crippen LogP contribution in [0.3, 0.4) is 0 Å². The van der Waals surface area contributed by atoms with Gasteiger partial charge in [0, 0.05) is 38.8 Å². The second-order valence-electron chi connectivity index (χ2n) is 6.22. The molecule has 1 aromatic carbocycles. The number of aromatic hydroxyl groups is 1. The molecule has 0 unspecified atom stereocenters. The number of phenolic OH excluding ortho intramolecular Hbond substituents is 1. The van der Waals surface area contributed by atoms with E-state index in [4.69, 9.17) is 10.5 Å². The van der Waals surface area contributed by atoms with Crippen molar-refractivity contribution < 1.29 is 9.84 Å². The summed E-state index contributed by atoms with van der Waals surface area (Å²) in [4.78, 5) is 10.8. The molecule has 1 aliphatic rings. The van der Waals surface area contributed by atoms with Crippen LogP contribution in [0.5, 0.6) is 5.75 Å². The van der Waals surface area contributed by atoms with Gasteiger partial charge in [-0.2, -0.15) is 9.97 Å². The molecule has 3 rings (SSSR count). The number of aromatic nitrogens is 2. The van der Waals surface area contributed by atoms with Crippen molar-refractivity contribution in [2.24, 2.45) is 0 Å². The largest absolute Gasteiger partial charge is 0.508 e. The van der Waals surface area contributed by atoms with Crippen LogP contribution in [0.15, 0.2) is 30.3 Å². The molecular weight excluding hydrogens is 332 g/mol. The number of nitrogens with one attached hydrogen (secondary N) is 2. The van der Waals surface area contributed by atoms with Crippen molar-refractivity contribution in [2.45, 2.75) is 6.42 Å². The normalized spacial score (nSPS) is 14.9. The number of hydrogen-bond donors (Lipinski definition) is 4. The maximum absolute atomic E-state index is 9.31. The Morgan fingerprint density at radius 3 is 2.38 bits per heavy atom. The summed E-state index contributed by atoms with van der Waals surface area (Å²) in [6.45, 7) is 6.00. The number of nitrogen functional groups attached to an aromatic ring is 1. The molecule has 0 spiro atoms. The number of anilines is 3. The van der Waals surface area contributed by atoms with Crippen LogP contribution in [0.2, 0.25) is 0 Å². The standard InChI is InChI=1S/C18H26N6O2/c19-18-22-16(20-6-5-14-1-3-15(25)4-2-14)13-17(23-18)21-7-8-24-9-11-26-12-10-24/h1-4,13,25H,5-12H2,(H4,19,20,21,22,23). The van der Waals surface area contributed by atoms with Crippen molar-refractivity contribution in [2.75, 3.05) is 62.3 Å². The smallest absolute Gasteiger partial charge is 0.223 e. The fourth-order valence-corrected chi connectivity index (χ4v) is 2.81. The maximum atomic E-state index is 9.31. The highest BCUT2D eigenvalue weighted by molar-refractivity contribution is 5.51. The van der Waals surface area contributed by atoms with Crippen molar-refractivity contribution in [3.8, 4) is 5.75 Å². The van der Waals surface area contributed by atoms with Crippen molar-refractivity contribution in [1.29, 1.82) is 0 Å². The van der Waals surface area contributed by atoms with Gasteiger partial charge < -0.3 is 26.2 Å². The number of ether oxygens (including phenoxy) is 1. The molecule has 0 amide bonds. The summed E-state index contributed by atoms with van der Waals surface area (Å²) in [5.41, 5.74) is 6.96. The zero-order valence-electron chi connectivity index (χ0n) is 14.8. The molecule has 26 heavy (non-hydrogen) atoms. The first-order valence-electron chi connectivity index (χ1n) is 8.89. The summed E-state index contributed by atoms with van der Waals surface area (Å²) in [6, 6.07) is 9.06. The summed E-state index contributed by atoms with van der Waals surface area (Å²) in [6.07, 6.45) is 0.823. The molecule has 140 valence electrons. The van der Waals surface area contributed by atoms with Gasteiger partial charge in [0.15, 0.2) is 0 Å². The Morgan fingerprint density at radius 1 is 1.04 bits per heavy atom. The van der Waals surface area contributed by atoms with E-state index in [0.717, 1.165) is 57.2 Å². The highest BCUT2D eigenvalue weighted by Gasteiger charge is 2.09. The predicted octanol–water partition coefficient (Wildman–Crippen LogP) is 1.16. The van der Waals surface area contributed by atoms with E-state index in [1.165, 1.54) is 0 Å². The molecule has 8 heteroatoms. The molecule has 8 nitrogen and oxygen atoms in total. The van der Waals surface area contributed by atoms with Crippen LogP contribution in [0.1, 0.15) is 5.56 Å². The fraction of sp³-hybridized carbons (Fsp3) is 0.444. The lowest BCUT2D eigenvalue weighted by Crippen LogP contribution is -2.39. The van der Waals surface area contributed by atoms with E-state index in [1.54, 1.807) is 12.1 Å². The highest BCUT2D eigenvalue weighted by Crippen LogP contribution is 2.14. The average molecular weight is 358 g/mol. The van der Waals surface area contributed by atoms with Gasteiger partial charge in [-0.1, -0.05) is 12.1 Å².